The van der Waals surface area contributed by atoms with Crippen molar-refractivity contribution in [1.29, 1.82) is 0 Å². The molecule has 2 N–H and O–H groups in total. The van der Waals surface area contributed by atoms with E-state index >= 15 is 0 Å². The highest BCUT2D eigenvalue weighted by Gasteiger charge is 2.31. The topological polar surface area (TPSA) is 122 Å². The molecule has 0 radical (unpaired) electrons. The van der Waals surface area contributed by atoms with Gasteiger partial charge in [0.1, 0.15) is 5.76 Å². The number of hydrogen-bond donors (Lipinski definition) is 2. The second-order valence-electron chi connectivity index (χ2n) is 10.2. The molecule has 0 spiro atoms. The summed E-state index contributed by atoms with van der Waals surface area (Å²) in [5.41, 5.74) is 4.34. The first kappa shape index (κ1) is 29.6. The minimum atomic E-state index is -2.57. The molecule has 0 aliphatic heterocycles. The van der Waals surface area contributed by atoms with Crippen LogP contribution in [0.1, 0.15) is 72.1 Å². The molecule has 212 valence electrons. The van der Waals surface area contributed by atoms with Crippen LogP contribution in [-0.2, 0) is 26.9 Å². The normalized spacial score (nSPS) is 15.9. The van der Waals surface area contributed by atoms with E-state index in [9.17, 15) is 18.1 Å². The number of fused-ring (bicyclic) bond motifs is 1. The highest BCUT2D eigenvalue weighted by Crippen LogP contribution is 2.45. The van der Waals surface area contributed by atoms with Crippen molar-refractivity contribution in [1.82, 2.24) is 14.6 Å². The molecule has 2 heterocycles. The number of hydrogen-bond acceptors (Lipinski definition) is 6. The lowest BCUT2D eigenvalue weighted by molar-refractivity contribution is 0.0964. The van der Waals surface area contributed by atoms with Gasteiger partial charge in [0.15, 0.2) is 7.37 Å². The van der Waals surface area contributed by atoms with Crippen LogP contribution in [0.25, 0.3) is 22.4 Å². The predicted molar refractivity (Wildman–Crippen MR) is 155 cm³/mol. The van der Waals surface area contributed by atoms with Gasteiger partial charge in [-0.15, -0.1) is 0 Å². The van der Waals surface area contributed by atoms with Crippen molar-refractivity contribution < 1.29 is 27.1 Å². The van der Waals surface area contributed by atoms with Gasteiger partial charge >= 0.3 is 0 Å². The van der Waals surface area contributed by atoms with E-state index in [-0.39, 0.29) is 12.5 Å². The molecule has 1 saturated carbocycles. The van der Waals surface area contributed by atoms with Gasteiger partial charge in [0, 0.05) is 32.0 Å². The van der Waals surface area contributed by atoms with E-state index in [1.54, 1.807) is 13.7 Å². The maximum atomic E-state index is 13.0. The lowest BCUT2D eigenvalue weighted by atomic mass is 10.0. The third kappa shape index (κ3) is 7.44. The van der Waals surface area contributed by atoms with Gasteiger partial charge in [-0.25, -0.2) is 9.19 Å². The molecule has 4 rings (SSSR count). The number of furan rings is 1. The van der Waals surface area contributed by atoms with Crippen molar-refractivity contribution in [3.63, 3.8) is 0 Å². The fourth-order valence-electron chi connectivity index (χ4n) is 4.79. The molecule has 3 aromatic rings. The van der Waals surface area contributed by atoms with Gasteiger partial charge in [0.05, 0.1) is 29.8 Å². The predicted octanol–water partition coefficient (Wildman–Crippen LogP) is 6.09. The Kier molecular flexibility index (Phi) is 9.78. The number of nitrogens with one attached hydrogen (secondary N) is 1. The van der Waals surface area contributed by atoms with Gasteiger partial charge in [-0.05, 0) is 57.1 Å². The monoisotopic (exact) mass is 575 g/mol. The molecular formula is C28H38N3O6PS. The smallest absolute Gasteiger partial charge is 0.255 e. The van der Waals surface area contributed by atoms with Crippen molar-refractivity contribution >= 4 is 35.6 Å². The number of rotatable bonds is 14. The Morgan fingerprint density at radius 2 is 1.97 bits per heavy atom. The van der Waals surface area contributed by atoms with Crippen LogP contribution < -0.4 is 5.32 Å². The zero-order chi connectivity index (χ0) is 28.2. The quantitative estimate of drug-likeness (QED) is 0.135. The van der Waals surface area contributed by atoms with Gasteiger partial charge in [-0.2, -0.15) is 4.31 Å². The number of aromatic nitrogens is 1. The molecule has 1 aromatic carbocycles. The zero-order valence-corrected chi connectivity index (χ0v) is 24.8. The molecule has 0 bridgehead atoms. The number of nitrogens with zero attached hydrogens (tertiary/aromatic N) is 2. The molecule has 39 heavy (non-hydrogen) atoms. The first-order valence-corrected chi connectivity index (χ1v) is 16.8. The number of benzene rings is 1. The lowest BCUT2D eigenvalue weighted by Gasteiger charge is -2.19. The number of unbranched alkanes of at least 4 members (excludes halogenated alkanes) is 2. The largest absolute Gasteiger partial charge is 0.437 e. The molecular weight excluding hydrogens is 537 g/mol. The maximum Gasteiger partial charge on any atom is 0.255 e. The Bertz CT molecular complexity index is 1390. The summed E-state index contributed by atoms with van der Waals surface area (Å²) in [7, 11) is -0.981. The van der Waals surface area contributed by atoms with Gasteiger partial charge in [-0.3, -0.25) is 13.9 Å². The van der Waals surface area contributed by atoms with Crippen molar-refractivity contribution in [2.75, 3.05) is 33.0 Å². The fourth-order valence-corrected chi connectivity index (χ4v) is 6.78. The molecule has 1 aliphatic rings. The molecule has 1 amide bonds. The first-order chi connectivity index (χ1) is 18.6. The highest BCUT2D eigenvalue weighted by atomic mass is 32.2. The van der Waals surface area contributed by atoms with Crippen LogP contribution in [0.2, 0.25) is 0 Å². The second-order valence-corrected chi connectivity index (χ2v) is 13.9. The zero-order valence-electron chi connectivity index (χ0n) is 23.1. The average Bonchev–Trinajstić information content (AvgIpc) is 3.67. The van der Waals surface area contributed by atoms with Crippen LogP contribution in [0, 0.1) is 6.92 Å². The summed E-state index contributed by atoms with van der Waals surface area (Å²) >= 11 is -2.18. The molecule has 9 nitrogen and oxygen atoms in total. The Morgan fingerprint density at radius 1 is 1.26 bits per heavy atom. The van der Waals surface area contributed by atoms with Gasteiger partial charge in [-0.1, -0.05) is 36.2 Å². The summed E-state index contributed by atoms with van der Waals surface area (Å²) in [6.45, 7) is 6.49. The van der Waals surface area contributed by atoms with Gasteiger partial charge in [0.2, 0.25) is 17.0 Å². The molecule has 2 atom stereocenters. The van der Waals surface area contributed by atoms with Crippen LogP contribution in [-0.4, -0.2) is 57.0 Å². The third-order valence-corrected chi connectivity index (χ3v) is 9.69. The Labute approximate surface area is 232 Å². The first-order valence-electron chi connectivity index (χ1n) is 13.5. The van der Waals surface area contributed by atoms with Crippen molar-refractivity contribution in [3.05, 3.63) is 52.7 Å². The molecule has 1 fully saturated rings. The number of aryl methyl sites for hydroxylation is 1. The molecule has 0 saturated heterocycles. The van der Waals surface area contributed by atoms with E-state index in [0.29, 0.717) is 59.8 Å². The van der Waals surface area contributed by atoms with Crippen LogP contribution in [0.15, 0.2) is 34.7 Å². The third-order valence-electron chi connectivity index (χ3n) is 7.00. The van der Waals surface area contributed by atoms with Crippen LogP contribution >= 0.6 is 7.37 Å². The summed E-state index contributed by atoms with van der Waals surface area (Å²) in [6.07, 6.45) is 4.71. The Balaban J connectivity index is 1.59. The Morgan fingerprint density at radius 3 is 2.59 bits per heavy atom. The van der Waals surface area contributed by atoms with Crippen molar-refractivity contribution in [2.45, 2.75) is 58.4 Å². The number of amides is 1. The summed E-state index contributed by atoms with van der Waals surface area (Å²) in [5, 5.41) is 3.37. The van der Waals surface area contributed by atoms with Crippen LogP contribution in [0.4, 0.5) is 0 Å². The minimum absolute atomic E-state index is 0.186. The summed E-state index contributed by atoms with van der Waals surface area (Å²) < 4.78 is 47.6. The average molecular weight is 576 g/mol. The number of carbonyl (C=O) groups is 1. The van der Waals surface area contributed by atoms with Crippen molar-refractivity contribution in [2.24, 2.45) is 0 Å². The summed E-state index contributed by atoms with van der Waals surface area (Å²) in [4.78, 5) is 17.8. The van der Waals surface area contributed by atoms with E-state index < -0.39 is 18.6 Å². The Hall–Kier alpha value is -2.36. The van der Waals surface area contributed by atoms with Crippen LogP contribution in [0.3, 0.4) is 0 Å². The van der Waals surface area contributed by atoms with E-state index in [0.717, 1.165) is 42.4 Å². The van der Waals surface area contributed by atoms with E-state index in [2.05, 4.69) is 5.32 Å². The molecule has 2 unspecified atom stereocenters. The van der Waals surface area contributed by atoms with Gasteiger partial charge in [0.25, 0.3) is 5.91 Å². The van der Waals surface area contributed by atoms with Crippen molar-refractivity contribution in [3.8, 4) is 11.3 Å². The fraction of sp³-hybridized carbons (Fsp3) is 0.500. The standard InChI is InChI=1S/C28H38N3O6PS/c1-5-36-38(4,33)16-8-6-7-15-31(39(34)35)18-24-22(20-13-14-20)17-23-25(27(32)29-3)26(37-28(23)30-24)21-11-9-19(2)10-12-21/h9-12,17,20H,5-8,13-16,18H2,1-4H3,(H,29,32)(H,34,35). The van der Waals surface area contributed by atoms with E-state index in [4.69, 9.17) is 13.9 Å². The molecule has 2 aromatic heterocycles. The molecule has 1 aliphatic carbocycles. The lowest BCUT2D eigenvalue weighted by Crippen LogP contribution is -2.27. The minimum Gasteiger partial charge on any atom is -0.437 e. The summed E-state index contributed by atoms with van der Waals surface area (Å²) in [6, 6.07) is 9.76. The van der Waals surface area contributed by atoms with E-state index in [1.165, 1.54) is 4.31 Å². The number of pyridine rings is 1. The maximum absolute atomic E-state index is 13.0. The van der Waals surface area contributed by atoms with Crippen LogP contribution in [0.5, 0.6) is 0 Å². The highest BCUT2D eigenvalue weighted by molar-refractivity contribution is 7.76. The second kappa shape index (κ2) is 12.9. The van der Waals surface area contributed by atoms with E-state index in [1.807, 2.05) is 44.2 Å². The van der Waals surface area contributed by atoms with Gasteiger partial charge < -0.3 is 14.3 Å². The molecule has 11 heteroatoms. The summed E-state index contributed by atoms with van der Waals surface area (Å²) in [5.74, 6) is 0.511. The number of carbonyl (C=O) groups excluding carboxylic acids is 1. The SMILES string of the molecule is CCOP(C)(=O)CCCCCN(Cc1nc2oc(-c3ccc(C)cc3)c(C(=O)NC)c2cc1C1CC1)S(=O)O.